The third-order valence-electron chi connectivity index (χ3n) is 5.13. The van der Waals surface area contributed by atoms with Crippen LogP contribution in [-0.4, -0.2) is 88.6 Å². The molecule has 1 aromatic carbocycles. The summed E-state index contributed by atoms with van der Waals surface area (Å²) in [5, 5.41) is 28.1. The number of nitrogens with one attached hydrogen (secondary N) is 5. The number of benzene rings is 1. The van der Waals surface area contributed by atoms with E-state index in [4.69, 9.17) is 10.6 Å². The van der Waals surface area contributed by atoms with E-state index in [0.29, 0.717) is 30.0 Å². The van der Waals surface area contributed by atoms with E-state index in [1.165, 1.54) is 21.6 Å². The summed E-state index contributed by atoms with van der Waals surface area (Å²) in [7, 11) is 2.71. The topological polar surface area (TPSA) is 255 Å². The summed E-state index contributed by atoms with van der Waals surface area (Å²) in [6, 6.07) is 3.06. The molecule has 1 aromatic rings. The number of amides is 5. The number of carboxylic acid groups (broad SMARTS) is 2. The van der Waals surface area contributed by atoms with Gasteiger partial charge in [0.25, 0.3) is 0 Å². The fourth-order valence-corrected chi connectivity index (χ4v) is 5.32. The molecule has 0 aliphatic rings. The van der Waals surface area contributed by atoms with Crippen LogP contribution in [0.3, 0.4) is 0 Å². The molecule has 5 amide bonds. The number of nitrogens with two attached hydrogens (primary N) is 1. The third kappa shape index (κ3) is 15.7. The Kier molecular flexibility index (Phi) is 17.1. The number of ether oxygens (including phenoxy) is 1. The lowest BCUT2D eigenvalue weighted by atomic mass is 10.1. The standard InChI is InChI=1S/C24H34N6O10S2/c1-14(12-42-41-7-6-40-24(39)30-25)27-22(37)18(10-21(35)36)29-23(38)17(9-20(33)34)28-19(32)8-15-2-4-16(5-3-15)11-26-13-31/h2-5,13-14,17-18H,6-12,25H2,1H3,(H,26,31)(H,27,37)(H,28,32)(H,29,38)(H,30,39)(H,33,34)(H,35,36). The highest BCUT2D eigenvalue weighted by atomic mass is 33.1. The van der Waals surface area contributed by atoms with Crippen molar-refractivity contribution in [3.63, 3.8) is 0 Å². The minimum absolute atomic E-state index is 0.106. The second kappa shape index (κ2) is 19.9. The average Bonchev–Trinajstić information content (AvgIpc) is 2.92. The summed E-state index contributed by atoms with van der Waals surface area (Å²) in [6.45, 7) is 2.06. The Labute approximate surface area is 249 Å². The number of hydrazine groups is 1. The highest BCUT2D eigenvalue weighted by Gasteiger charge is 2.30. The smallest absolute Gasteiger partial charge is 0.421 e. The van der Waals surface area contributed by atoms with Crippen LogP contribution in [0.25, 0.3) is 0 Å². The van der Waals surface area contributed by atoms with Crippen molar-refractivity contribution < 1.29 is 48.5 Å². The lowest BCUT2D eigenvalue weighted by Gasteiger charge is -2.23. The van der Waals surface area contributed by atoms with Gasteiger partial charge in [-0.1, -0.05) is 45.9 Å². The SMILES string of the molecule is CC(CSSCCOC(=O)NN)NC(=O)C(CC(=O)O)NC(=O)C(CC(=O)O)NC(=O)Cc1ccc(CNC=O)cc1. The Morgan fingerprint density at radius 2 is 1.48 bits per heavy atom. The average molecular weight is 631 g/mol. The van der Waals surface area contributed by atoms with Gasteiger partial charge in [0.05, 0.1) is 19.3 Å². The molecule has 232 valence electrons. The van der Waals surface area contributed by atoms with Crippen molar-refractivity contribution in [1.82, 2.24) is 26.7 Å². The predicted octanol–water partition coefficient (Wildman–Crippen LogP) is -1.12. The van der Waals surface area contributed by atoms with Crippen LogP contribution in [0.5, 0.6) is 0 Å². The van der Waals surface area contributed by atoms with Crippen LogP contribution in [0.4, 0.5) is 4.79 Å². The first kappa shape index (κ1) is 36.0. The third-order valence-corrected chi connectivity index (χ3v) is 7.67. The molecule has 16 nitrogen and oxygen atoms in total. The Hall–Kier alpha value is -4.03. The zero-order chi connectivity index (χ0) is 31.5. The molecule has 9 N–H and O–H groups in total. The zero-order valence-corrected chi connectivity index (χ0v) is 24.3. The van der Waals surface area contributed by atoms with Crippen molar-refractivity contribution in [2.45, 2.75) is 50.9 Å². The van der Waals surface area contributed by atoms with E-state index >= 15 is 0 Å². The number of carboxylic acids is 2. The predicted molar refractivity (Wildman–Crippen MR) is 153 cm³/mol. The molecule has 0 bridgehead atoms. The van der Waals surface area contributed by atoms with E-state index in [1.54, 1.807) is 31.2 Å². The summed E-state index contributed by atoms with van der Waals surface area (Å²) >= 11 is 0. The van der Waals surface area contributed by atoms with Gasteiger partial charge >= 0.3 is 18.0 Å². The van der Waals surface area contributed by atoms with Crippen molar-refractivity contribution in [1.29, 1.82) is 0 Å². The maximum atomic E-state index is 12.9. The highest BCUT2D eigenvalue weighted by molar-refractivity contribution is 8.76. The van der Waals surface area contributed by atoms with Crippen LogP contribution >= 0.6 is 21.6 Å². The van der Waals surface area contributed by atoms with Gasteiger partial charge in [0.1, 0.15) is 18.7 Å². The monoisotopic (exact) mass is 630 g/mol. The van der Waals surface area contributed by atoms with E-state index in [2.05, 4.69) is 21.3 Å². The molecule has 18 heteroatoms. The maximum absolute atomic E-state index is 12.9. The number of carbonyl (C=O) groups is 7. The Morgan fingerprint density at radius 3 is 2.05 bits per heavy atom. The highest BCUT2D eigenvalue weighted by Crippen LogP contribution is 2.21. The minimum atomic E-state index is -1.58. The molecule has 0 aliphatic heterocycles. The van der Waals surface area contributed by atoms with E-state index in [-0.39, 0.29) is 13.0 Å². The van der Waals surface area contributed by atoms with Gasteiger partial charge in [0.15, 0.2) is 0 Å². The minimum Gasteiger partial charge on any atom is -0.481 e. The Balaban J connectivity index is 2.72. The maximum Gasteiger partial charge on any atom is 0.421 e. The second-order valence-electron chi connectivity index (χ2n) is 8.67. The summed E-state index contributed by atoms with van der Waals surface area (Å²) in [6.07, 6.45) is -2.01. The largest absolute Gasteiger partial charge is 0.481 e. The van der Waals surface area contributed by atoms with Crippen LogP contribution in [-0.2, 0) is 46.5 Å². The molecule has 3 atom stereocenters. The molecule has 0 radical (unpaired) electrons. The first-order chi connectivity index (χ1) is 19.9. The summed E-state index contributed by atoms with van der Waals surface area (Å²) < 4.78 is 4.73. The van der Waals surface area contributed by atoms with Crippen molar-refractivity contribution in [3.8, 4) is 0 Å². The van der Waals surface area contributed by atoms with Crippen LogP contribution in [0.1, 0.15) is 30.9 Å². The molecule has 0 saturated carbocycles. The van der Waals surface area contributed by atoms with Gasteiger partial charge in [-0.05, 0) is 18.1 Å². The van der Waals surface area contributed by atoms with E-state index < -0.39 is 66.7 Å². The lowest BCUT2D eigenvalue weighted by Crippen LogP contribution is -2.56. The summed E-state index contributed by atoms with van der Waals surface area (Å²) in [5.41, 5.74) is 3.16. The molecule has 0 aromatic heterocycles. The van der Waals surface area contributed by atoms with Crippen molar-refractivity contribution in [2.75, 3.05) is 18.1 Å². The fourth-order valence-electron chi connectivity index (χ4n) is 3.21. The molecule has 0 fully saturated rings. The van der Waals surface area contributed by atoms with Crippen LogP contribution < -0.4 is 32.5 Å². The first-order valence-electron chi connectivity index (χ1n) is 12.4. The first-order valence-corrected chi connectivity index (χ1v) is 14.9. The van der Waals surface area contributed by atoms with E-state index in [0.717, 1.165) is 5.56 Å². The number of carbonyl (C=O) groups excluding carboxylic acids is 5. The Bertz CT molecular complexity index is 1090. The van der Waals surface area contributed by atoms with Gasteiger partial charge in [-0.3, -0.25) is 34.2 Å². The van der Waals surface area contributed by atoms with Gasteiger partial charge in [-0.2, -0.15) is 0 Å². The molecule has 1 rings (SSSR count). The lowest BCUT2D eigenvalue weighted by molar-refractivity contribution is -0.143. The second-order valence-corrected chi connectivity index (χ2v) is 11.3. The van der Waals surface area contributed by atoms with E-state index in [1.807, 2.05) is 5.43 Å². The van der Waals surface area contributed by atoms with E-state index in [9.17, 15) is 43.8 Å². The molecule has 3 unspecified atom stereocenters. The summed E-state index contributed by atoms with van der Waals surface area (Å²) in [4.78, 5) is 82.2. The zero-order valence-electron chi connectivity index (χ0n) is 22.6. The van der Waals surface area contributed by atoms with Gasteiger partial charge in [0, 0.05) is 24.1 Å². The molecule has 42 heavy (non-hydrogen) atoms. The molecular formula is C24H34N6O10S2. The molecule has 0 saturated heterocycles. The Morgan fingerprint density at radius 1 is 0.905 bits per heavy atom. The van der Waals surface area contributed by atoms with Gasteiger partial charge in [-0.15, -0.1) is 0 Å². The fraction of sp³-hybridized carbons (Fsp3) is 0.458. The quantitative estimate of drug-likeness (QED) is 0.0212. The van der Waals surface area contributed by atoms with Crippen LogP contribution in [0, 0.1) is 0 Å². The molecule has 0 spiro atoms. The molecular weight excluding hydrogens is 596 g/mol. The van der Waals surface area contributed by atoms with Crippen LogP contribution in [0.2, 0.25) is 0 Å². The van der Waals surface area contributed by atoms with Gasteiger partial charge in [0.2, 0.25) is 24.1 Å². The number of aliphatic carboxylic acids is 2. The summed E-state index contributed by atoms with van der Waals surface area (Å²) in [5.74, 6) is 0.407. The van der Waals surface area contributed by atoms with Crippen molar-refractivity contribution in [2.24, 2.45) is 5.84 Å². The number of rotatable bonds is 20. The molecule has 0 heterocycles. The van der Waals surface area contributed by atoms with Gasteiger partial charge < -0.3 is 36.2 Å². The normalized spacial score (nSPS) is 12.5. The van der Waals surface area contributed by atoms with Crippen molar-refractivity contribution in [3.05, 3.63) is 35.4 Å². The van der Waals surface area contributed by atoms with Crippen LogP contribution in [0.15, 0.2) is 24.3 Å². The van der Waals surface area contributed by atoms with Crippen molar-refractivity contribution >= 4 is 63.8 Å². The molecule has 0 aliphatic carbocycles. The number of hydrogen-bond acceptors (Lipinski definition) is 11. The van der Waals surface area contributed by atoms with Gasteiger partial charge in [-0.25, -0.2) is 10.6 Å². The number of hydrogen-bond donors (Lipinski definition) is 8.